The predicted molar refractivity (Wildman–Crippen MR) is 119 cm³/mol. The van der Waals surface area contributed by atoms with Gasteiger partial charge >= 0.3 is 24.3 Å². The summed E-state index contributed by atoms with van der Waals surface area (Å²) in [5.41, 5.74) is -0.196. The molecule has 0 aromatic carbocycles. The minimum Gasteiger partial charge on any atom is -0.475 e. The van der Waals surface area contributed by atoms with Crippen molar-refractivity contribution in [3.63, 3.8) is 0 Å². The minimum atomic E-state index is -5.08. The largest absolute Gasteiger partial charge is 0.490 e. The SMILES string of the molecule is CN(C)CCN1CCOCC2(C1)CN(Cc1nccs1)CCO2.O=C(O)C(F)(F)F.O=C(O)C(F)(F)F. The van der Waals surface area contributed by atoms with Gasteiger partial charge in [-0.3, -0.25) is 9.80 Å². The molecule has 3 rings (SSSR count). The zero-order valence-electron chi connectivity index (χ0n) is 20.2. The van der Waals surface area contributed by atoms with E-state index in [0.29, 0.717) is 6.61 Å². The Kier molecular flexibility index (Phi) is 13.2. The van der Waals surface area contributed by atoms with Crippen LogP contribution in [0, 0.1) is 0 Å². The fourth-order valence-corrected chi connectivity index (χ4v) is 3.94. The number of aliphatic carboxylic acids is 2. The van der Waals surface area contributed by atoms with Gasteiger partial charge in [-0.2, -0.15) is 26.3 Å². The number of likely N-dealkylation sites (N-methyl/N-ethyl adjacent to an activating group) is 1. The number of carboxylic acid groups (broad SMARTS) is 2. The Morgan fingerprint density at radius 1 is 1.05 bits per heavy atom. The summed E-state index contributed by atoms with van der Waals surface area (Å²) in [6.07, 6.45) is -8.28. The third-order valence-electron chi connectivity index (χ3n) is 4.95. The normalized spacial score (nSPS) is 21.4. The lowest BCUT2D eigenvalue weighted by Gasteiger charge is -2.43. The second kappa shape index (κ2) is 14.8. The molecule has 10 nitrogen and oxygen atoms in total. The van der Waals surface area contributed by atoms with Gasteiger partial charge < -0.3 is 24.6 Å². The number of thiazole rings is 1. The molecule has 0 aliphatic carbocycles. The van der Waals surface area contributed by atoms with Crippen molar-refractivity contribution in [2.24, 2.45) is 0 Å². The number of carbonyl (C=O) groups is 2. The van der Waals surface area contributed by atoms with Crippen molar-refractivity contribution in [2.75, 3.05) is 73.2 Å². The average Bonchev–Trinajstić information content (AvgIpc) is 3.20. The molecule has 0 bridgehead atoms. The first-order valence-corrected chi connectivity index (χ1v) is 11.7. The smallest absolute Gasteiger partial charge is 0.475 e. The van der Waals surface area contributed by atoms with Crippen LogP contribution in [0.4, 0.5) is 26.3 Å². The highest BCUT2D eigenvalue weighted by atomic mass is 32.1. The van der Waals surface area contributed by atoms with E-state index in [9.17, 15) is 26.3 Å². The summed E-state index contributed by atoms with van der Waals surface area (Å²) < 4.78 is 75.6. The van der Waals surface area contributed by atoms with Gasteiger partial charge in [-0.25, -0.2) is 14.6 Å². The van der Waals surface area contributed by atoms with Gasteiger partial charge in [0.05, 0.1) is 26.4 Å². The van der Waals surface area contributed by atoms with Crippen LogP contribution in [0.2, 0.25) is 0 Å². The number of alkyl halides is 6. The first-order chi connectivity index (χ1) is 17.0. The van der Waals surface area contributed by atoms with Crippen LogP contribution in [0.3, 0.4) is 0 Å². The van der Waals surface area contributed by atoms with Crippen molar-refractivity contribution in [3.8, 4) is 0 Å². The lowest BCUT2D eigenvalue weighted by atomic mass is 10.0. The van der Waals surface area contributed by atoms with E-state index in [1.807, 2.05) is 11.6 Å². The second-order valence-corrected chi connectivity index (χ2v) is 9.38. The van der Waals surface area contributed by atoms with Crippen LogP contribution in [-0.2, 0) is 25.6 Å². The third-order valence-corrected chi connectivity index (χ3v) is 5.71. The molecule has 37 heavy (non-hydrogen) atoms. The number of aromatic nitrogens is 1. The highest BCUT2D eigenvalue weighted by Crippen LogP contribution is 2.24. The van der Waals surface area contributed by atoms with Gasteiger partial charge in [-0.15, -0.1) is 11.3 Å². The number of rotatable bonds is 5. The first-order valence-electron chi connectivity index (χ1n) is 10.8. The summed E-state index contributed by atoms with van der Waals surface area (Å²) in [6.45, 7) is 9.15. The number of hydrogen-bond acceptors (Lipinski definition) is 9. The molecule has 214 valence electrons. The number of nitrogens with zero attached hydrogens (tertiary/aromatic N) is 4. The Morgan fingerprint density at radius 2 is 1.59 bits per heavy atom. The van der Waals surface area contributed by atoms with Gasteiger partial charge in [0.1, 0.15) is 10.6 Å². The van der Waals surface area contributed by atoms with Crippen LogP contribution in [0.1, 0.15) is 5.01 Å². The van der Waals surface area contributed by atoms with Gasteiger partial charge in [0.2, 0.25) is 0 Å². The summed E-state index contributed by atoms with van der Waals surface area (Å²) in [4.78, 5) is 29.4. The summed E-state index contributed by atoms with van der Waals surface area (Å²) in [7, 11) is 4.24. The molecule has 2 fully saturated rings. The fourth-order valence-electron chi connectivity index (χ4n) is 3.28. The van der Waals surface area contributed by atoms with Crippen LogP contribution in [-0.4, -0.2) is 133 Å². The first kappa shape index (κ1) is 33.0. The molecular formula is C20H30F6N4O6S. The van der Waals surface area contributed by atoms with Crippen molar-refractivity contribution in [1.82, 2.24) is 19.7 Å². The number of carboxylic acids is 2. The number of morpholine rings is 1. The van der Waals surface area contributed by atoms with E-state index in [1.54, 1.807) is 11.3 Å². The third kappa shape index (κ3) is 13.4. The number of ether oxygens (including phenoxy) is 2. The molecule has 1 unspecified atom stereocenters. The zero-order chi connectivity index (χ0) is 28.3. The molecule has 1 atom stereocenters. The van der Waals surface area contributed by atoms with Crippen molar-refractivity contribution < 1.29 is 55.6 Å². The summed E-state index contributed by atoms with van der Waals surface area (Å²) in [6, 6.07) is 0. The van der Waals surface area contributed by atoms with E-state index in [2.05, 4.69) is 33.8 Å². The topological polar surface area (TPSA) is 116 Å². The standard InChI is InChI=1S/C16H28N4O2S.2C2HF3O2/c1-18(2)4-5-19-6-8-21-14-16(12-19)13-20(7-9-22-16)11-15-17-3-10-23-15;2*3-2(4,5)1(6)7/h3,10H,4-9,11-14H2,1-2H3;2*(H,6,7). The summed E-state index contributed by atoms with van der Waals surface area (Å²) in [5.74, 6) is -5.51. The van der Waals surface area contributed by atoms with E-state index >= 15 is 0 Å². The quantitative estimate of drug-likeness (QED) is 0.511. The summed E-state index contributed by atoms with van der Waals surface area (Å²) >= 11 is 1.73. The van der Waals surface area contributed by atoms with Crippen molar-refractivity contribution in [3.05, 3.63) is 16.6 Å². The van der Waals surface area contributed by atoms with Crippen LogP contribution < -0.4 is 0 Å². The maximum Gasteiger partial charge on any atom is 0.490 e. The van der Waals surface area contributed by atoms with E-state index < -0.39 is 24.3 Å². The molecule has 2 saturated heterocycles. The van der Waals surface area contributed by atoms with E-state index in [-0.39, 0.29) is 5.60 Å². The molecule has 17 heteroatoms. The van der Waals surface area contributed by atoms with Crippen molar-refractivity contribution >= 4 is 23.3 Å². The van der Waals surface area contributed by atoms with Crippen molar-refractivity contribution in [1.29, 1.82) is 0 Å². The fraction of sp³-hybridized carbons (Fsp3) is 0.750. The molecule has 3 heterocycles. The van der Waals surface area contributed by atoms with E-state index in [0.717, 1.165) is 59.0 Å². The Bertz CT molecular complexity index is 803. The molecule has 2 aliphatic heterocycles. The molecule has 0 radical (unpaired) electrons. The van der Waals surface area contributed by atoms with E-state index in [4.69, 9.17) is 29.3 Å². The molecule has 0 saturated carbocycles. The van der Waals surface area contributed by atoms with Crippen LogP contribution in [0.25, 0.3) is 0 Å². The predicted octanol–water partition coefficient (Wildman–Crippen LogP) is 1.87. The maximum atomic E-state index is 10.6. The average molecular weight is 569 g/mol. The molecule has 0 amide bonds. The van der Waals surface area contributed by atoms with Gasteiger partial charge in [-0.05, 0) is 14.1 Å². The lowest BCUT2D eigenvalue weighted by molar-refractivity contribution is -0.193. The van der Waals surface area contributed by atoms with Crippen molar-refractivity contribution in [2.45, 2.75) is 24.5 Å². The number of halogens is 6. The number of hydrogen-bond donors (Lipinski definition) is 2. The molecule has 2 aliphatic rings. The maximum absolute atomic E-state index is 10.6. The highest BCUT2D eigenvalue weighted by Gasteiger charge is 2.40. The highest BCUT2D eigenvalue weighted by molar-refractivity contribution is 7.09. The van der Waals surface area contributed by atoms with Gasteiger partial charge in [0.15, 0.2) is 0 Å². The molecular weight excluding hydrogens is 538 g/mol. The Morgan fingerprint density at radius 3 is 2.08 bits per heavy atom. The molecule has 1 spiro atoms. The Balaban J connectivity index is 0.000000404. The van der Waals surface area contributed by atoms with Crippen LogP contribution >= 0.6 is 11.3 Å². The van der Waals surface area contributed by atoms with E-state index in [1.165, 1.54) is 5.01 Å². The summed E-state index contributed by atoms with van der Waals surface area (Å²) in [5, 5.41) is 17.5. The van der Waals surface area contributed by atoms with Crippen LogP contribution in [0.5, 0.6) is 0 Å². The molecule has 2 N–H and O–H groups in total. The second-order valence-electron chi connectivity index (χ2n) is 8.41. The van der Waals surface area contributed by atoms with Gasteiger partial charge in [0.25, 0.3) is 0 Å². The minimum absolute atomic E-state index is 0.196. The van der Waals surface area contributed by atoms with Gasteiger partial charge in [0, 0.05) is 50.8 Å². The molecule has 1 aromatic rings. The van der Waals surface area contributed by atoms with Crippen LogP contribution in [0.15, 0.2) is 11.6 Å². The van der Waals surface area contributed by atoms with Gasteiger partial charge in [-0.1, -0.05) is 0 Å². The Labute approximate surface area is 213 Å². The lowest BCUT2D eigenvalue weighted by Crippen LogP contribution is -2.58. The monoisotopic (exact) mass is 568 g/mol. The molecule has 1 aromatic heterocycles. The zero-order valence-corrected chi connectivity index (χ0v) is 21.0. The Hall–Kier alpha value is -2.05.